The number of ether oxygens (including phenoxy) is 4. The Morgan fingerprint density at radius 2 is 1.21 bits per heavy atom. The molecule has 0 spiro atoms. The summed E-state index contributed by atoms with van der Waals surface area (Å²) in [5.74, 6) is -2.32. The lowest BCUT2D eigenvalue weighted by Crippen LogP contribution is -2.44. The van der Waals surface area contributed by atoms with E-state index in [0.717, 1.165) is 51.4 Å². The molecule has 276 valence electrons. The number of hydrogen-bond acceptors (Lipinski definition) is 11. The van der Waals surface area contributed by atoms with Crippen molar-refractivity contribution in [3.63, 3.8) is 0 Å². The summed E-state index contributed by atoms with van der Waals surface area (Å²) >= 11 is 0. The van der Waals surface area contributed by atoms with Crippen LogP contribution in [0.2, 0.25) is 0 Å². The van der Waals surface area contributed by atoms with Gasteiger partial charge in [0, 0.05) is 32.0 Å². The molecule has 0 bridgehead atoms. The maximum atomic E-state index is 12.3. The number of carbonyl (C=O) groups is 6. The van der Waals surface area contributed by atoms with E-state index in [-0.39, 0.29) is 120 Å². The molecule has 1 aliphatic carbocycles. The van der Waals surface area contributed by atoms with Gasteiger partial charge in [-0.2, -0.15) is 0 Å². The highest BCUT2D eigenvalue weighted by atomic mass is 16.5. The molecule has 1 fully saturated rings. The van der Waals surface area contributed by atoms with Gasteiger partial charge in [-0.1, -0.05) is 19.3 Å². The minimum absolute atomic E-state index is 0.00193. The number of likely N-dealkylation sites (N-methyl/N-ethyl adjacent to an activating group) is 1. The normalized spacial score (nSPS) is 14.5. The Labute approximate surface area is 283 Å². The number of amides is 4. The molecule has 0 saturated heterocycles. The fourth-order valence-corrected chi connectivity index (χ4v) is 4.92. The minimum atomic E-state index is -1.16. The van der Waals surface area contributed by atoms with Gasteiger partial charge in [0.1, 0.15) is 25.0 Å². The molecule has 48 heavy (non-hydrogen) atoms. The highest BCUT2D eigenvalue weighted by Gasteiger charge is 2.26. The molecule has 0 aromatic carbocycles. The Morgan fingerprint density at radius 1 is 0.667 bits per heavy atom. The van der Waals surface area contributed by atoms with Crippen LogP contribution in [0.15, 0.2) is 0 Å². The molecule has 0 aliphatic heterocycles. The van der Waals surface area contributed by atoms with Crippen LogP contribution in [0.3, 0.4) is 0 Å². The molecule has 0 unspecified atom stereocenters. The summed E-state index contributed by atoms with van der Waals surface area (Å²) < 4.78 is 21.3. The van der Waals surface area contributed by atoms with Crippen LogP contribution in [0.5, 0.6) is 0 Å². The molecule has 4 amide bonds. The zero-order valence-corrected chi connectivity index (χ0v) is 28.6. The van der Waals surface area contributed by atoms with Crippen LogP contribution in [0.25, 0.3) is 0 Å². The number of carboxylic acids is 1. The minimum Gasteiger partial charge on any atom is -0.480 e. The first-order valence-electron chi connectivity index (χ1n) is 17.0. The zero-order valence-electron chi connectivity index (χ0n) is 28.6. The summed E-state index contributed by atoms with van der Waals surface area (Å²) in [7, 11) is 1.76. The highest BCUT2D eigenvalue weighted by Crippen LogP contribution is 2.23. The van der Waals surface area contributed by atoms with Crippen LogP contribution < -0.4 is 26.6 Å². The number of carboxylic acid groups (broad SMARTS) is 1. The summed E-state index contributed by atoms with van der Waals surface area (Å²) in [6, 6.07) is -1.25. The maximum absolute atomic E-state index is 12.3. The second-order valence-electron chi connectivity index (χ2n) is 11.6. The number of aliphatic carboxylic acids is 1. The van der Waals surface area contributed by atoms with Gasteiger partial charge in [-0.3, -0.25) is 24.0 Å². The summed E-state index contributed by atoms with van der Waals surface area (Å²) in [4.78, 5) is 70.9. The average Bonchev–Trinajstić information content (AvgIpc) is 3.06. The summed E-state index contributed by atoms with van der Waals surface area (Å²) in [5, 5.41) is 23.0. The molecular weight excluding hydrogens is 630 g/mol. The molecule has 1 aliphatic rings. The fraction of sp³-hybridized carbons (Fsp3) is 0.812. The van der Waals surface area contributed by atoms with E-state index in [4.69, 9.17) is 18.9 Å². The van der Waals surface area contributed by atoms with Crippen molar-refractivity contribution in [2.24, 2.45) is 5.92 Å². The molecule has 0 heterocycles. The van der Waals surface area contributed by atoms with Gasteiger partial charge in [-0.15, -0.1) is 0 Å². The Kier molecular flexibility index (Phi) is 24.8. The Bertz CT molecular complexity index is 963. The van der Waals surface area contributed by atoms with E-state index in [1.165, 1.54) is 0 Å². The van der Waals surface area contributed by atoms with Crippen molar-refractivity contribution in [2.45, 2.75) is 83.2 Å². The van der Waals surface area contributed by atoms with Crippen LogP contribution in [0, 0.1) is 5.92 Å². The van der Waals surface area contributed by atoms with Crippen molar-refractivity contribution in [1.29, 1.82) is 0 Å². The lowest BCUT2D eigenvalue weighted by Gasteiger charge is -2.23. The Balaban J connectivity index is 1.91. The number of unbranched alkanes of at least 4 members (excludes halogenated alkanes) is 1. The van der Waals surface area contributed by atoms with Crippen molar-refractivity contribution in [1.82, 2.24) is 26.6 Å². The van der Waals surface area contributed by atoms with E-state index in [9.17, 15) is 33.9 Å². The molecule has 0 aromatic rings. The van der Waals surface area contributed by atoms with Crippen molar-refractivity contribution >= 4 is 35.4 Å². The molecule has 16 heteroatoms. The smallest absolute Gasteiger partial charge is 0.326 e. The van der Waals surface area contributed by atoms with Crippen molar-refractivity contribution in [2.75, 3.05) is 79.5 Å². The quantitative estimate of drug-likeness (QED) is 0.0558. The van der Waals surface area contributed by atoms with Gasteiger partial charge in [0.25, 0.3) is 0 Å². The predicted octanol–water partition coefficient (Wildman–Crippen LogP) is -0.321. The van der Waals surface area contributed by atoms with Gasteiger partial charge >= 0.3 is 5.97 Å². The van der Waals surface area contributed by atoms with Crippen LogP contribution >= 0.6 is 0 Å². The lowest BCUT2D eigenvalue weighted by molar-refractivity contribution is -0.143. The van der Waals surface area contributed by atoms with Gasteiger partial charge in [0.2, 0.25) is 23.6 Å². The van der Waals surface area contributed by atoms with E-state index in [0.29, 0.717) is 6.54 Å². The summed E-state index contributed by atoms with van der Waals surface area (Å²) in [6.07, 6.45) is 6.85. The van der Waals surface area contributed by atoms with Crippen LogP contribution in [0.4, 0.5) is 0 Å². The van der Waals surface area contributed by atoms with Gasteiger partial charge in [-0.25, -0.2) is 4.79 Å². The van der Waals surface area contributed by atoms with Crippen molar-refractivity contribution in [3.8, 4) is 0 Å². The monoisotopic (exact) mass is 687 g/mol. The average molecular weight is 688 g/mol. The summed E-state index contributed by atoms with van der Waals surface area (Å²) in [6.45, 7) is 3.78. The van der Waals surface area contributed by atoms with Crippen molar-refractivity contribution < 1.29 is 52.8 Å². The number of rotatable bonds is 29. The topological polar surface area (TPSA) is 220 Å². The third-order valence-electron chi connectivity index (χ3n) is 7.68. The van der Waals surface area contributed by atoms with Gasteiger partial charge in [-0.05, 0) is 52.5 Å². The van der Waals surface area contributed by atoms with Gasteiger partial charge < -0.3 is 50.6 Å². The van der Waals surface area contributed by atoms with Crippen LogP contribution in [0.1, 0.15) is 71.1 Å². The largest absolute Gasteiger partial charge is 0.480 e. The predicted molar refractivity (Wildman–Crippen MR) is 175 cm³/mol. The Hall–Kier alpha value is -3.18. The molecule has 0 aromatic heterocycles. The SMILES string of the molecule is CN[C@@H](CCCCNC(=O)COCCOCCNC(=O)COCCOCCNC(=O)CC[C@H](NC(=O)C1CCCCC1)C(=O)O)C(C)=O. The van der Waals surface area contributed by atoms with Gasteiger partial charge in [0.15, 0.2) is 0 Å². The van der Waals surface area contributed by atoms with E-state index >= 15 is 0 Å². The fourth-order valence-electron chi connectivity index (χ4n) is 4.92. The third-order valence-corrected chi connectivity index (χ3v) is 7.68. The first-order chi connectivity index (χ1) is 23.1. The maximum Gasteiger partial charge on any atom is 0.326 e. The van der Waals surface area contributed by atoms with Crippen molar-refractivity contribution in [3.05, 3.63) is 0 Å². The third kappa shape index (κ3) is 22.4. The number of hydrogen-bond donors (Lipinski definition) is 6. The molecule has 2 atom stereocenters. The Morgan fingerprint density at radius 3 is 1.75 bits per heavy atom. The molecule has 1 saturated carbocycles. The highest BCUT2D eigenvalue weighted by molar-refractivity contribution is 5.85. The van der Waals surface area contributed by atoms with E-state index in [1.54, 1.807) is 14.0 Å². The van der Waals surface area contributed by atoms with E-state index < -0.39 is 12.0 Å². The first-order valence-corrected chi connectivity index (χ1v) is 17.0. The second kappa shape index (κ2) is 27.7. The van der Waals surface area contributed by atoms with Crippen LogP contribution in [-0.2, 0) is 47.7 Å². The molecule has 6 N–H and O–H groups in total. The summed E-state index contributed by atoms with van der Waals surface area (Å²) in [5.41, 5.74) is 0. The second-order valence-corrected chi connectivity index (χ2v) is 11.6. The zero-order chi connectivity index (χ0) is 35.4. The van der Waals surface area contributed by atoms with E-state index in [2.05, 4.69) is 26.6 Å². The number of ketones is 1. The number of nitrogens with one attached hydrogen (secondary N) is 5. The molecule has 0 radical (unpaired) electrons. The molecular formula is C32H57N5O11. The van der Waals surface area contributed by atoms with E-state index in [1.807, 2.05) is 0 Å². The van der Waals surface area contributed by atoms with Crippen LogP contribution in [-0.4, -0.2) is 132 Å². The lowest BCUT2D eigenvalue weighted by atomic mass is 9.88. The molecule has 1 rings (SSSR count). The van der Waals surface area contributed by atoms with Gasteiger partial charge in [0.05, 0.1) is 45.7 Å². The number of Topliss-reactive ketones (excluding diaryl/α,β-unsaturated/α-hetero) is 1. The standard InChI is InChI=1S/C32H57N5O11/c1-24(38)26(33-2)10-6-7-13-34-29(40)22-47-20-19-46-17-15-36-30(41)23-48-21-18-45-16-14-35-28(39)12-11-27(32(43)44)37-31(42)25-8-4-3-5-9-25/h25-27,33H,3-23H2,1-2H3,(H,34,40)(H,35,39)(H,36,41)(H,37,42)(H,43,44)/t26-,27-/m0/s1. The molecule has 16 nitrogen and oxygen atoms in total. The number of carbonyl (C=O) groups excluding carboxylic acids is 5. The first kappa shape index (κ1) is 42.8.